The van der Waals surface area contributed by atoms with Gasteiger partial charge in [0.15, 0.2) is 5.78 Å². The first-order chi connectivity index (χ1) is 9.20. The fraction of sp³-hybridized carbons (Fsp3) is 0.588. The number of aryl methyl sites for hydroxylation is 1. The van der Waals surface area contributed by atoms with E-state index in [2.05, 4.69) is 26.0 Å². The van der Waals surface area contributed by atoms with Gasteiger partial charge in [-0.25, -0.2) is 0 Å². The van der Waals surface area contributed by atoms with Crippen molar-refractivity contribution in [3.05, 3.63) is 35.4 Å². The third-order valence-corrected chi connectivity index (χ3v) is 4.25. The van der Waals surface area contributed by atoms with E-state index in [-0.39, 0.29) is 5.92 Å². The molecule has 104 valence electrons. The second kappa shape index (κ2) is 6.85. The molecule has 2 heteroatoms. The van der Waals surface area contributed by atoms with E-state index < -0.39 is 0 Å². The molecule has 1 heterocycles. The van der Waals surface area contributed by atoms with Gasteiger partial charge in [0.05, 0.1) is 25.6 Å². The largest absolute Gasteiger partial charge is 0.334 e. The molecule has 0 unspecified atom stereocenters. The van der Waals surface area contributed by atoms with Gasteiger partial charge in [-0.15, -0.1) is 0 Å². The van der Waals surface area contributed by atoms with E-state index in [1.54, 1.807) is 4.90 Å². The van der Waals surface area contributed by atoms with Crippen molar-refractivity contribution in [2.45, 2.75) is 39.5 Å². The lowest BCUT2D eigenvalue weighted by Gasteiger charge is -2.25. The molecule has 0 spiro atoms. The van der Waals surface area contributed by atoms with Crippen molar-refractivity contribution in [1.29, 1.82) is 0 Å². The third-order valence-electron chi connectivity index (χ3n) is 4.25. The fourth-order valence-electron chi connectivity index (χ4n) is 2.97. The summed E-state index contributed by atoms with van der Waals surface area (Å²) in [7, 11) is 0. The molecule has 0 aromatic heterocycles. The predicted octanol–water partition coefficient (Wildman–Crippen LogP) is 2.14. The number of piperidine rings is 1. The summed E-state index contributed by atoms with van der Waals surface area (Å²) in [5.74, 6) is 0.446. The average molecular weight is 260 g/mol. The topological polar surface area (TPSA) is 21.5 Å². The molecule has 1 fully saturated rings. The first kappa shape index (κ1) is 14.3. The van der Waals surface area contributed by atoms with Crippen LogP contribution >= 0.6 is 0 Å². The van der Waals surface area contributed by atoms with Crippen LogP contribution in [0.25, 0.3) is 0 Å². The zero-order chi connectivity index (χ0) is 13.7. The van der Waals surface area contributed by atoms with Gasteiger partial charge in [0, 0.05) is 5.56 Å². The Balaban J connectivity index is 1.93. The maximum Gasteiger partial charge on any atom is 0.171 e. The molecular weight excluding hydrogens is 234 g/mol. The number of Topliss-reactive ketones (excluding diaryl/α,β-unsaturated/α-hetero) is 1. The maximum absolute atomic E-state index is 12.4. The van der Waals surface area contributed by atoms with E-state index in [0.29, 0.717) is 5.78 Å². The highest BCUT2D eigenvalue weighted by atomic mass is 16.1. The quantitative estimate of drug-likeness (QED) is 0.805. The van der Waals surface area contributed by atoms with Crippen LogP contribution in [-0.2, 0) is 6.42 Å². The van der Waals surface area contributed by atoms with Gasteiger partial charge in [0.1, 0.15) is 0 Å². The molecule has 0 amide bonds. The average Bonchev–Trinajstić information content (AvgIpc) is 2.47. The van der Waals surface area contributed by atoms with Crippen molar-refractivity contribution in [1.82, 2.24) is 0 Å². The number of nitrogens with one attached hydrogen (secondary N) is 1. The second-order valence-corrected chi connectivity index (χ2v) is 5.83. The Bertz CT molecular complexity index is 404. The van der Waals surface area contributed by atoms with E-state index in [9.17, 15) is 4.79 Å². The summed E-state index contributed by atoms with van der Waals surface area (Å²) in [6.07, 6.45) is 5.04. The zero-order valence-corrected chi connectivity index (χ0v) is 12.2. The number of benzene rings is 1. The summed E-state index contributed by atoms with van der Waals surface area (Å²) >= 11 is 0. The Morgan fingerprint density at radius 2 is 1.79 bits per heavy atom. The lowest BCUT2D eigenvalue weighted by atomic mass is 9.97. The molecule has 1 aromatic rings. The van der Waals surface area contributed by atoms with E-state index in [1.807, 2.05) is 12.1 Å². The number of carbonyl (C=O) groups is 1. The van der Waals surface area contributed by atoms with Gasteiger partial charge < -0.3 is 4.90 Å². The minimum atomic E-state index is 0.139. The number of quaternary nitrogens is 1. The van der Waals surface area contributed by atoms with Crippen LogP contribution in [0.3, 0.4) is 0 Å². The van der Waals surface area contributed by atoms with Crippen LogP contribution in [0.2, 0.25) is 0 Å². The molecule has 1 saturated heterocycles. The second-order valence-electron chi connectivity index (χ2n) is 5.83. The molecule has 0 saturated carbocycles. The molecule has 0 aliphatic carbocycles. The van der Waals surface area contributed by atoms with Crippen LogP contribution in [0.4, 0.5) is 0 Å². The fourth-order valence-corrected chi connectivity index (χ4v) is 2.97. The standard InChI is InChI=1S/C17H25NO/c1-3-15-7-9-16(10-8-15)17(19)14(2)13-18-11-5-4-6-12-18/h7-10,14H,3-6,11-13H2,1-2H3/p+1/t14-/m0/s1. The van der Waals surface area contributed by atoms with Crippen molar-refractivity contribution in [3.63, 3.8) is 0 Å². The van der Waals surface area contributed by atoms with Gasteiger partial charge in [-0.1, -0.05) is 31.2 Å². The Labute approximate surface area is 116 Å². The first-order valence-electron chi connectivity index (χ1n) is 7.67. The number of hydrogen-bond donors (Lipinski definition) is 1. The van der Waals surface area contributed by atoms with E-state index >= 15 is 0 Å². The molecule has 1 aromatic carbocycles. The van der Waals surface area contributed by atoms with Gasteiger partial charge in [0.2, 0.25) is 0 Å². The molecule has 2 rings (SSSR count). The Morgan fingerprint density at radius 3 is 2.37 bits per heavy atom. The molecule has 1 atom stereocenters. The zero-order valence-electron chi connectivity index (χ0n) is 12.2. The normalized spacial score (nSPS) is 18.2. The van der Waals surface area contributed by atoms with Crippen LogP contribution in [0.1, 0.15) is 49.0 Å². The van der Waals surface area contributed by atoms with Crippen molar-refractivity contribution >= 4 is 5.78 Å². The first-order valence-corrected chi connectivity index (χ1v) is 7.67. The Morgan fingerprint density at radius 1 is 1.16 bits per heavy atom. The molecule has 1 aliphatic rings. The number of ketones is 1. The predicted molar refractivity (Wildman–Crippen MR) is 78.7 cm³/mol. The van der Waals surface area contributed by atoms with Crippen molar-refractivity contribution < 1.29 is 9.69 Å². The summed E-state index contributed by atoms with van der Waals surface area (Å²) in [6.45, 7) is 7.70. The molecule has 19 heavy (non-hydrogen) atoms. The van der Waals surface area contributed by atoms with Crippen molar-refractivity contribution in [2.24, 2.45) is 5.92 Å². The molecule has 1 N–H and O–H groups in total. The van der Waals surface area contributed by atoms with E-state index in [1.165, 1.54) is 37.9 Å². The van der Waals surface area contributed by atoms with Crippen LogP contribution in [0.5, 0.6) is 0 Å². The number of rotatable bonds is 5. The highest BCUT2D eigenvalue weighted by Gasteiger charge is 2.22. The molecule has 1 aliphatic heterocycles. The van der Waals surface area contributed by atoms with E-state index in [4.69, 9.17) is 0 Å². The Kier molecular flexibility index (Phi) is 5.15. The maximum atomic E-state index is 12.4. The molecule has 2 nitrogen and oxygen atoms in total. The summed E-state index contributed by atoms with van der Waals surface area (Å²) in [5.41, 5.74) is 2.17. The van der Waals surface area contributed by atoms with Crippen LogP contribution in [0, 0.1) is 5.92 Å². The van der Waals surface area contributed by atoms with Crippen molar-refractivity contribution in [2.75, 3.05) is 19.6 Å². The van der Waals surface area contributed by atoms with Crippen LogP contribution in [0.15, 0.2) is 24.3 Å². The summed E-state index contributed by atoms with van der Waals surface area (Å²) < 4.78 is 0. The minimum Gasteiger partial charge on any atom is -0.334 e. The van der Waals surface area contributed by atoms with Gasteiger partial charge in [-0.2, -0.15) is 0 Å². The summed E-state index contributed by atoms with van der Waals surface area (Å²) in [6, 6.07) is 8.13. The highest BCUT2D eigenvalue weighted by molar-refractivity contribution is 5.97. The molecule has 0 radical (unpaired) electrons. The Hall–Kier alpha value is -1.15. The molecular formula is C17H26NO+. The van der Waals surface area contributed by atoms with Crippen LogP contribution in [-0.4, -0.2) is 25.4 Å². The highest BCUT2D eigenvalue weighted by Crippen LogP contribution is 2.10. The number of likely N-dealkylation sites (tertiary alicyclic amines) is 1. The van der Waals surface area contributed by atoms with Crippen molar-refractivity contribution in [3.8, 4) is 0 Å². The lowest BCUT2D eigenvalue weighted by Crippen LogP contribution is -3.13. The van der Waals surface area contributed by atoms with Gasteiger partial charge in [-0.3, -0.25) is 4.79 Å². The smallest absolute Gasteiger partial charge is 0.171 e. The third kappa shape index (κ3) is 3.90. The van der Waals surface area contributed by atoms with Gasteiger partial charge in [0.25, 0.3) is 0 Å². The number of carbonyl (C=O) groups excluding carboxylic acids is 1. The SMILES string of the molecule is CCc1ccc(C(=O)[C@@H](C)C[NH+]2CCCCC2)cc1. The summed E-state index contributed by atoms with van der Waals surface area (Å²) in [5, 5.41) is 0. The van der Waals surface area contributed by atoms with E-state index in [0.717, 1.165) is 18.5 Å². The lowest BCUT2D eigenvalue weighted by molar-refractivity contribution is -0.906. The van der Waals surface area contributed by atoms with Crippen LogP contribution < -0.4 is 4.90 Å². The number of hydrogen-bond acceptors (Lipinski definition) is 1. The minimum absolute atomic E-state index is 0.139. The molecule has 0 bridgehead atoms. The summed E-state index contributed by atoms with van der Waals surface area (Å²) in [4.78, 5) is 14.0. The van der Waals surface area contributed by atoms with Gasteiger partial charge >= 0.3 is 0 Å². The van der Waals surface area contributed by atoms with Gasteiger partial charge in [-0.05, 0) is 38.2 Å². The monoisotopic (exact) mass is 260 g/mol.